The van der Waals surface area contributed by atoms with Crippen LogP contribution in [0.15, 0.2) is 22.7 Å². The lowest BCUT2D eigenvalue weighted by atomic mass is 9.70. The fourth-order valence-electron chi connectivity index (χ4n) is 3.10. The van der Waals surface area contributed by atoms with E-state index >= 15 is 0 Å². The molecule has 19 heavy (non-hydrogen) atoms. The van der Waals surface area contributed by atoms with Gasteiger partial charge in [0.05, 0.1) is 10.0 Å². The lowest BCUT2D eigenvalue weighted by Gasteiger charge is -2.45. The molecular weight excluding hydrogens is 307 g/mol. The molecule has 1 aromatic carbocycles. The van der Waals surface area contributed by atoms with E-state index in [4.69, 9.17) is 5.73 Å². The van der Waals surface area contributed by atoms with Crippen molar-refractivity contribution in [2.75, 3.05) is 11.9 Å². The van der Waals surface area contributed by atoms with Crippen LogP contribution in [0.3, 0.4) is 0 Å². The molecule has 3 unspecified atom stereocenters. The van der Waals surface area contributed by atoms with E-state index in [-0.39, 0.29) is 11.4 Å². The highest BCUT2D eigenvalue weighted by Gasteiger charge is 2.39. The first kappa shape index (κ1) is 14.8. The van der Waals surface area contributed by atoms with Gasteiger partial charge in [-0.15, -0.1) is 0 Å². The lowest BCUT2D eigenvalue weighted by molar-refractivity contribution is 0.189. The van der Waals surface area contributed by atoms with Gasteiger partial charge in [-0.25, -0.2) is 4.39 Å². The Bertz CT molecular complexity index is 452. The molecule has 2 rings (SSSR count). The van der Waals surface area contributed by atoms with E-state index in [1.807, 2.05) is 0 Å². The predicted octanol–water partition coefficient (Wildman–Crippen LogP) is 4.15. The number of benzene rings is 1. The summed E-state index contributed by atoms with van der Waals surface area (Å²) in [4.78, 5) is 0. The number of nitrogens with two attached hydrogens (primary N) is 1. The highest BCUT2D eigenvalue weighted by Crippen LogP contribution is 2.38. The average molecular weight is 329 g/mol. The summed E-state index contributed by atoms with van der Waals surface area (Å²) in [6.45, 7) is 5.16. The maximum Gasteiger partial charge on any atom is 0.137 e. The van der Waals surface area contributed by atoms with Gasteiger partial charge in [-0.1, -0.05) is 13.8 Å². The molecular formula is C15H22BrFN2. The minimum atomic E-state index is -0.238. The van der Waals surface area contributed by atoms with E-state index in [2.05, 4.69) is 35.1 Å². The van der Waals surface area contributed by atoms with Crippen molar-refractivity contribution in [1.82, 2.24) is 0 Å². The van der Waals surface area contributed by atoms with Crippen LogP contribution >= 0.6 is 15.9 Å². The fourth-order valence-corrected chi connectivity index (χ4v) is 3.48. The zero-order chi connectivity index (χ0) is 14.0. The molecule has 3 N–H and O–H groups in total. The van der Waals surface area contributed by atoms with Crippen molar-refractivity contribution in [3.8, 4) is 0 Å². The Morgan fingerprint density at radius 1 is 1.47 bits per heavy atom. The van der Waals surface area contributed by atoms with E-state index < -0.39 is 0 Å². The number of hydrogen-bond donors (Lipinski definition) is 2. The third-order valence-corrected chi connectivity index (χ3v) is 5.07. The van der Waals surface area contributed by atoms with Gasteiger partial charge < -0.3 is 11.1 Å². The van der Waals surface area contributed by atoms with Crippen molar-refractivity contribution in [2.24, 2.45) is 17.6 Å². The molecule has 0 heterocycles. The molecule has 106 valence electrons. The molecule has 3 atom stereocenters. The molecule has 0 bridgehead atoms. The Balaban J connectivity index is 2.20. The molecule has 0 aromatic heterocycles. The van der Waals surface area contributed by atoms with E-state index in [9.17, 15) is 4.39 Å². The number of halogens is 2. The van der Waals surface area contributed by atoms with E-state index in [1.165, 1.54) is 18.9 Å². The Morgan fingerprint density at radius 3 is 2.79 bits per heavy atom. The minimum absolute atomic E-state index is 0.0657. The SMILES string of the molecule is CC1CCC(CN)(Nc2ccc(F)c(Br)c2)C(C)C1. The molecule has 4 heteroatoms. The van der Waals surface area contributed by atoms with Crippen LogP contribution in [0, 0.1) is 17.7 Å². The van der Waals surface area contributed by atoms with Crippen LogP contribution in [0.4, 0.5) is 10.1 Å². The first-order chi connectivity index (χ1) is 8.97. The summed E-state index contributed by atoms with van der Waals surface area (Å²) in [7, 11) is 0. The summed E-state index contributed by atoms with van der Waals surface area (Å²) < 4.78 is 13.8. The molecule has 0 saturated heterocycles. The van der Waals surface area contributed by atoms with E-state index in [0.717, 1.165) is 18.0 Å². The van der Waals surface area contributed by atoms with Crippen molar-refractivity contribution < 1.29 is 4.39 Å². The average Bonchev–Trinajstić information content (AvgIpc) is 2.37. The Labute approximate surface area is 123 Å². The van der Waals surface area contributed by atoms with Crippen LogP contribution in [0.5, 0.6) is 0 Å². The molecule has 1 fully saturated rings. The van der Waals surface area contributed by atoms with Crippen LogP contribution in [0.2, 0.25) is 0 Å². The van der Waals surface area contributed by atoms with Crippen LogP contribution in [0.1, 0.15) is 33.1 Å². The summed E-state index contributed by atoms with van der Waals surface area (Å²) in [5, 5.41) is 3.56. The lowest BCUT2D eigenvalue weighted by Crippen LogP contribution is -2.53. The zero-order valence-corrected chi connectivity index (χ0v) is 13.1. The summed E-state index contributed by atoms with van der Waals surface area (Å²) in [5.41, 5.74) is 6.91. The largest absolute Gasteiger partial charge is 0.378 e. The summed E-state index contributed by atoms with van der Waals surface area (Å²) in [6.07, 6.45) is 3.45. The van der Waals surface area contributed by atoms with Gasteiger partial charge in [0.25, 0.3) is 0 Å². The smallest absolute Gasteiger partial charge is 0.137 e. The van der Waals surface area contributed by atoms with Crippen molar-refractivity contribution in [2.45, 2.75) is 38.6 Å². The number of anilines is 1. The standard InChI is InChI=1S/C15H22BrFN2/c1-10-5-6-15(9-18,11(2)7-10)19-12-3-4-14(17)13(16)8-12/h3-4,8,10-11,19H,5-7,9,18H2,1-2H3. The fraction of sp³-hybridized carbons (Fsp3) is 0.600. The Morgan fingerprint density at radius 2 is 2.21 bits per heavy atom. The maximum absolute atomic E-state index is 13.3. The first-order valence-electron chi connectivity index (χ1n) is 6.90. The highest BCUT2D eigenvalue weighted by molar-refractivity contribution is 9.10. The van der Waals surface area contributed by atoms with Gasteiger partial charge >= 0.3 is 0 Å². The molecule has 0 aliphatic heterocycles. The molecule has 0 radical (unpaired) electrons. The third kappa shape index (κ3) is 3.11. The summed E-state index contributed by atoms with van der Waals surface area (Å²) in [6, 6.07) is 5.05. The Kier molecular flexibility index (Phi) is 4.51. The van der Waals surface area contributed by atoms with Gasteiger partial charge in [-0.2, -0.15) is 0 Å². The van der Waals surface area contributed by atoms with Gasteiger partial charge in [0.1, 0.15) is 5.82 Å². The normalized spacial score (nSPS) is 31.2. The van der Waals surface area contributed by atoms with Gasteiger partial charge in [-0.3, -0.25) is 0 Å². The van der Waals surface area contributed by atoms with Gasteiger partial charge in [0.15, 0.2) is 0 Å². The summed E-state index contributed by atoms with van der Waals surface area (Å²) >= 11 is 3.23. The molecule has 1 aromatic rings. The number of nitrogens with one attached hydrogen (secondary N) is 1. The zero-order valence-electron chi connectivity index (χ0n) is 11.5. The molecule has 2 nitrogen and oxygen atoms in total. The van der Waals surface area contributed by atoms with Gasteiger partial charge in [-0.05, 0) is 65.2 Å². The number of rotatable bonds is 3. The van der Waals surface area contributed by atoms with Crippen molar-refractivity contribution in [3.63, 3.8) is 0 Å². The highest BCUT2D eigenvalue weighted by atomic mass is 79.9. The Hall–Kier alpha value is -0.610. The number of hydrogen-bond acceptors (Lipinski definition) is 2. The molecule has 1 saturated carbocycles. The molecule has 0 amide bonds. The van der Waals surface area contributed by atoms with Crippen LogP contribution in [-0.2, 0) is 0 Å². The molecule has 1 aliphatic carbocycles. The third-order valence-electron chi connectivity index (χ3n) is 4.46. The predicted molar refractivity (Wildman–Crippen MR) is 81.7 cm³/mol. The molecule has 1 aliphatic rings. The molecule has 0 spiro atoms. The van der Waals surface area contributed by atoms with Crippen molar-refractivity contribution in [1.29, 1.82) is 0 Å². The van der Waals surface area contributed by atoms with Crippen LogP contribution in [-0.4, -0.2) is 12.1 Å². The second kappa shape index (κ2) is 5.80. The van der Waals surface area contributed by atoms with Gasteiger partial charge in [0.2, 0.25) is 0 Å². The quantitative estimate of drug-likeness (QED) is 0.874. The van der Waals surface area contributed by atoms with Crippen molar-refractivity contribution in [3.05, 3.63) is 28.5 Å². The van der Waals surface area contributed by atoms with Crippen LogP contribution < -0.4 is 11.1 Å². The maximum atomic E-state index is 13.3. The van der Waals surface area contributed by atoms with Crippen LogP contribution in [0.25, 0.3) is 0 Å². The van der Waals surface area contributed by atoms with Gasteiger partial charge in [0, 0.05) is 12.2 Å². The van der Waals surface area contributed by atoms with E-state index in [1.54, 1.807) is 12.1 Å². The second-order valence-corrected chi connectivity index (χ2v) is 6.75. The minimum Gasteiger partial charge on any atom is -0.378 e. The summed E-state index contributed by atoms with van der Waals surface area (Å²) in [5.74, 6) is 1.04. The second-order valence-electron chi connectivity index (χ2n) is 5.89. The van der Waals surface area contributed by atoms with Crippen molar-refractivity contribution >= 4 is 21.6 Å². The first-order valence-corrected chi connectivity index (χ1v) is 7.69. The topological polar surface area (TPSA) is 38.0 Å². The monoisotopic (exact) mass is 328 g/mol. The van der Waals surface area contributed by atoms with E-state index in [0.29, 0.717) is 16.9 Å².